The van der Waals surface area contributed by atoms with Crippen molar-refractivity contribution in [3.8, 4) is 0 Å². The number of benzene rings is 1. The summed E-state index contributed by atoms with van der Waals surface area (Å²) in [6, 6.07) is 0. The Kier molecular flexibility index (Phi) is 65.7. The Morgan fingerprint density at radius 2 is 0.774 bits per heavy atom. The summed E-state index contributed by atoms with van der Waals surface area (Å²) in [5.41, 5.74) is 4.65. The van der Waals surface area contributed by atoms with E-state index in [9.17, 15) is 15.0 Å². The van der Waals surface area contributed by atoms with E-state index in [0.717, 1.165) is 27.8 Å². The van der Waals surface area contributed by atoms with Crippen molar-refractivity contribution in [3.63, 3.8) is 0 Å². The molecule has 31 heavy (non-hydrogen) atoms. The van der Waals surface area contributed by atoms with Crippen molar-refractivity contribution >= 4 is 5.78 Å². The van der Waals surface area contributed by atoms with E-state index in [0.29, 0.717) is 5.56 Å². The Morgan fingerprint density at radius 3 is 0.903 bits per heavy atom. The highest BCUT2D eigenvalue weighted by Gasteiger charge is 2.18. The van der Waals surface area contributed by atoms with Gasteiger partial charge in [-0.25, -0.2) is 0 Å². The van der Waals surface area contributed by atoms with E-state index in [4.69, 9.17) is 0 Å². The fraction of sp³-hybridized carbons (Fsp3) is 0.750. The third-order valence-electron chi connectivity index (χ3n) is 3.23. The Balaban J connectivity index is -0.0000000646. The molecule has 192 valence electrons. The second-order valence-electron chi connectivity index (χ2n) is 4.79. The summed E-state index contributed by atoms with van der Waals surface area (Å²) in [7, 11) is 0. The zero-order chi connectivity index (χ0) is 27.2. The maximum Gasteiger partial charge on any atom is 0.160 e. The molecule has 1 aromatic rings. The van der Waals surface area contributed by atoms with Gasteiger partial charge in [-0.05, 0) is 55.5 Å². The minimum absolute atomic E-state index is 0.0283. The van der Waals surface area contributed by atoms with E-state index >= 15 is 0 Å². The average molecular weight is 447 g/mol. The van der Waals surface area contributed by atoms with Crippen molar-refractivity contribution in [1.82, 2.24) is 0 Å². The maximum absolute atomic E-state index is 11.6. The molecule has 2 N–H and O–H groups in total. The lowest BCUT2D eigenvalue weighted by Gasteiger charge is -2.18. The normalized spacial score (nSPS) is 7.23. The van der Waals surface area contributed by atoms with Crippen LogP contribution in [0.25, 0.3) is 0 Å². The van der Waals surface area contributed by atoms with Crippen LogP contribution in [0.3, 0.4) is 0 Å². The van der Waals surface area contributed by atoms with E-state index in [1.165, 1.54) is 13.3 Å². The first-order valence-corrected chi connectivity index (χ1v) is 12.7. The number of hydrogen-bond donors (Lipinski definition) is 2. The van der Waals surface area contributed by atoms with Crippen LogP contribution < -0.4 is 0 Å². The molecule has 0 saturated heterocycles. The third-order valence-corrected chi connectivity index (χ3v) is 3.23. The summed E-state index contributed by atoms with van der Waals surface area (Å²) in [5.74, 6) is -0.0283. The molecule has 0 spiro atoms. The number of rotatable bonds is 3. The lowest BCUT2D eigenvalue weighted by atomic mass is 9.87. The highest BCUT2D eigenvalue weighted by molar-refractivity contribution is 5.97. The molecule has 0 fully saturated rings. The van der Waals surface area contributed by atoms with Crippen molar-refractivity contribution in [2.24, 2.45) is 0 Å². The number of aliphatic hydroxyl groups excluding tert-OH is 2. The van der Waals surface area contributed by atoms with Gasteiger partial charge in [0.25, 0.3) is 0 Å². The van der Waals surface area contributed by atoms with E-state index < -0.39 is 0 Å². The summed E-state index contributed by atoms with van der Waals surface area (Å²) < 4.78 is 0. The van der Waals surface area contributed by atoms with Crippen LogP contribution in [0.4, 0.5) is 0 Å². The quantitative estimate of drug-likeness (QED) is 0.454. The molecule has 0 aliphatic rings. The van der Waals surface area contributed by atoms with Crippen molar-refractivity contribution in [3.05, 3.63) is 33.4 Å². The fourth-order valence-electron chi connectivity index (χ4n) is 2.33. The summed E-state index contributed by atoms with van der Waals surface area (Å²) in [6.45, 7) is 35.1. The van der Waals surface area contributed by atoms with Crippen molar-refractivity contribution in [2.75, 3.05) is 0 Å². The smallest absolute Gasteiger partial charge is 0.160 e. The van der Waals surface area contributed by atoms with Gasteiger partial charge < -0.3 is 10.2 Å². The first kappa shape index (κ1) is 47.6. The van der Waals surface area contributed by atoms with Crippen LogP contribution in [-0.4, -0.2) is 16.0 Å². The molecule has 1 aromatic carbocycles. The van der Waals surface area contributed by atoms with Gasteiger partial charge in [0.2, 0.25) is 0 Å². The molecule has 0 aromatic heterocycles. The molecule has 0 aliphatic heterocycles. The summed E-state index contributed by atoms with van der Waals surface area (Å²) >= 11 is 0. The number of carbonyl (C=O) groups is 1. The predicted molar refractivity (Wildman–Crippen MR) is 147 cm³/mol. The Morgan fingerprint density at radius 1 is 0.581 bits per heavy atom. The Hall–Kier alpha value is -1.19. The number of ketones is 1. The number of aliphatic hydroxyl groups is 2. The molecular formula is C28H62O3. The van der Waals surface area contributed by atoms with Gasteiger partial charge in [0.05, 0.1) is 13.2 Å². The number of hydrogen-bond acceptors (Lipinski definition) is 3. The monoisotopic (exact) mass is 446 g/mol. The van der Waals surface area contributed by atoms with Gasteiger partial charge in [-0.1, -0.05) is 103 Å². The van der Waals surface area contributed by atoms with Gasteiger partial charge in [-0.15, -0.1) is 0 Å². The zero-order valence-electron chi connectivity index (χ0n) is 24.9. The van der Waals surface area contributed by atoms with Crippen LogP contribution in [-0.2, 0) is 13.2 Å². The molecule has 0 atom stereocenters. The lowest BCUT2D eigenvalue weighted by Crippen LogP contribution is -2.10. The molecule has 0 heterocycles. The van der Waals surface area contributed by atoms with Gasteiger partial charge >= 0.3 is 0 Å². The third kappa shape index (κ3) is 21.8. The van der Waals surface area contributed by atoms with E-state index in [1.807, 2.05) is 104 Å². The number of Topliss-reactive ketones (excluding diaryl/α,β-unsaturated/α-hetero) is 1. The highest BCUT2D eigenvalue weighted by Crippen LogP contribution is 2.27. The largest absolute Gasteiger partial charge is 0.392 e. The fourth-order valence-corrected chi connectivity index (χ4v) is 2.33. The SMILES string of the molecule is CC.CC.CC.CC.CC.CC.CC(=O)c1c(C)c(CO)c(C)c(CO)c1C.CCC. The van der Waals surface area contributed by atoms with Gasteiger partial charge in [-0.3, -0.25) is 4.79 Å². The Bertz CT molecular complexity index is 419. The molecule has 0 bridgehead atoms. The van der Waals surface area contributed by atoms with E-state index in [1.54, 1.807) is 0 Å². The summed E-state index contributed by atoms with van der Waals surface area (Å²) in [4.78, 5) is 11.6. The van der Waals surface area contributed by atoms with E-state index in [-0.39, 0.29) is 19.0 Å². The molecule has 0 unspecified atom stereocenters. The first-order chi connectivity index (χ1) is 14.9. The molecule has 0 radical (unpaired) electrons. The maximum atomic E-state index is 11.6. The topological polar surface area (TPSA) is 57.5 Å². The van der Waals surface area contributed by atoms with Gasteiger partial charge in [0.1, 0.15) is 0 Å². The van der Waals surface area contributed by atoms with Crippen LogP contribution in [0.15, 0.2) is 0 Å². The van der Waals surface area contributed by atoms with Crippen molar-refractivity contribution in [2.45, 2.75) is 144 Å². The minimum atomic E-state index is -0.106. The van der Waals surface area contributed by atoms with Crippen LogP contribution in [0, 0.1) is 20.8 Å². The molecule has 3 nitrogen and oxygen atoms in total. The van der Waals surface area contributed by atoms with Crippen LogP contribution >= 0.6 is 0 Å². The predicted octanol–water partition coefficient (Wildman–Crippen LogP) is 9.37. The second-order valence-corrected chi connectivity index (χ2v) is 4.79. The van der Waals surface area contributed by atoms with Gasteiger partial charge in [0.15, 0.2) is 5.78 Å². The van der Waals surface area contributed by atoms with Gasteiger partial charge in [0, 0.05) is 5.56 Å². The number of carbonyl (C=O) groups excluding carboxylic acids is 1. The molecule has 0 amide bonds. The van der Waals surface area contributed by atoms with Crippen LogP contribution in [0.5, 0.6) is 0 Å². The molecule has 3 heteroatoms. The average Bonchev–Trinajstić information content (AvgIpc) is 2.82. The standard InChI is InChI=1S/C13H18O3.C3H8.6C2H6/c1-7-11(5-14)8(2)13(10(4)16)9(3)12(7)6-15;1-3-2;6*1-2/h14-15H,5-6H2,1-4H3;3H2,1-2H3;6*1-2H3. The zero-order valence-corrected chi connectivity index (χ0v) is 24.9. The second kappa shape index (κ2) is 42.8. The summed E-state index contributed by atoms with van der Waals surface area (Å²) in [5, 5.41) is 18.6. The van der Waals surface area contributed by atoms with Crippen LogP contribution in [0.1, 0.15) is 148 Å². The van der Waals surface area contributed by atoms with Crippen LogP contribution in [0.2, 0.25) is 0 Å². The molecule has 1 rings (SSSR count). The molecule has 0 aliphatic carbocycles. The van der Waals surface area contributed by atoms with Crippen molar-refractivity contribution < 1.29 is 15.0 Å². The first-order valence-electron chi connectivity index (χ1n) is 12.7. The van der Waals surface area contributed by atoms with E-state index in [2.05, 4.69) is 13.8 Å². The highest BCUT2D eigenvalue weighted by atomic mass is 16.3. The van der Waals surface area contributed by atoms with Crippen molar-refractivity contribution in [1.29, 1.82) is 0 Å². The minimum Gasteiger partial charge on any atom is -0.392 e. The lowest BCUT2D eigenvalue weighted by molar-refractivity contribution is 0.101. The summed E-state index contributed by atoms with van der Waals surface area (Å²) in [6.07, 6.45) is 1.25. The molecular weight excluding hydrogens is 384 g/mol. The molecule has 0 saturated carbocycles. The van der Waals surface area contributed by atoms with Gasteiger partial charge in [-0.2, -0.15) is 0 Å². The Labute approximate surface area is 198 Å².